The highest BCUT2D eigenvalue weighted by atomic mass is 16.1. The lowest BCUT2D eigenvalue weighted by Gasteiger charge is -2.05. The number of carbonyl (C=O) groups is 1. The smallest absolute Gasteiger partial charge is 0.152 e. The monoisotopic (exact) mass is 275 g/mol. The molecule has 104 valence electrons. The number of aromatic nitrogens is 1. The maximum atomic E-state index is 11.4. The molecule has 21 heavy (non-hydrogen) atoms. The van der Waals surface area contributed by atoms with Gasteiger partial charge in [0.15, 0.2) is 5.78 Å². The number of nitrogens with one attached hydrogen (secondary N) is 1. The van der Waals surface area contributed by atoms with Crippen LogP contribution in [0.3, 0.4) is 0 Å². The molecule has 3 rings (SSSR count). The fraction of sp³-hybridized carbons (Fsp3) is 0.105. The molecule has 0 aliphatic rings. The van der Waals surface area contributed by atoms with E-state index in [4.69, 9.17) is 0 Å². The van der Waals surface area contributed by atoms with Gasteiger partial charge in [-0.25, -0.2) is 0 Å². The Kier molecular flexibility index (Phi) is 3.44. The zero-order chi connectivity index (χ0) is 14.8. The van der Waals surface area contributed by atoms with E-state index in [1.165, 1.54) is 0 Å². The second-order valence-corrected chi connectivity index (χ2v) is 5.22. The van der Waals surface area contributed by atoms with E-state index >= 15 is 0 Å². The molecule has 0 unspecified atom stereocenters. The number of ketones is 1. The second-order valence-electron chi connectivity index (χ2n) is 5.22. The van der Waals surface area contributed by atoms with Gasteiger partial charge in [0.2, 0.25) is 0 Å². The minimum Gasteiger partial charge on any atom is -0.354 e. The third kappa shape index (κ3) is 2.52. The predicted molar refractivity (Wildman–Crippen MR) is 88.1 cm³/mol. The first-order valence-corrected chi connectivity index (χ1v) is 7.02. The molecule has 2 aromatic carbocycles. The minimum absolute atomic E-state index is 0.0665. The predicted octanol–water partition coefficient (Wildman–Crippen LogP) is 4.83. The molecule has 1 aromatic heterocycles. The number of benzene rings is 2. The first-order valence-electron chi connectivity index (χ1n) is 7.02. The van der Waals surface area contributed by atoms with E-state index in [1.807, 2.05) is 37.3 Å². The molecule has 0 atom stereocenters. The molecule has 3 aromatic rings. The van der Waals surface area contributed by atoms with Gasteiger partial charge in [-0.2, -0.15) is 0 Å². The Morgan fingerprint density at radius 1 is 0.952 bits per heavy atom. The summed E-state index contributed by atoms with van der Waals surface area (Å²) in [6.45, 7) is 3.57. The van der Waals surface area contributed by atoms with Crippen molar-refractivity contribution in [1.82, 2.24) is 4.98 Å². The average molecular weight is 275 g/mol. The molecule has 0 amide bonds. The molecule has 1 heterocycles. The van der Waals surface area contributed by atoms with Crippen molar-refractivity contribution in [2.24, 2.45) is 0 Å². The summed E-state index contributed by atoms with van der Waals surface area (Å²) in [6.07, 6.45) is 1.70. The number of aromatic amines is 1. The Hall–Kier alpha value is -2.61. The molecule has 0 saturated heterocycles. The average Bonchev–Trinajstić information content (AvgIpc) is 2.87. The number of hydrogen-bond donors (Lipinski definition) is 1. The van der Waals surface area contributed by atoms with Gasteiger partial charge in [-0.1, -0.05) is 48.5 Å². The largest absolute Gasteiger partial charge is 0.354 e. The highest BCUT2D eigenvalue weighted by Gasteiger charge is 2.14. The molecule has 0 fully saturated rings. The summed E-state index contributed by atoms with van der Waals surface area (Å²) in [5.74, 6) is 0.0665. The van der Waals surface area contributed by atoms with Gasteiger partial charge >= 0.3 is 0 Å². The fourth-order valence-corrected chi connectivity index (χ4v) is 2.75. The quantitative estimate of drug-likeness (QED) is 0.682. The summed E-state index contributed by atoms with van der Waals surface area (Å²) in [4.78, 5) is 14.9. The van der Waals surface area contributed by atoms with Crippen LogP contribution in [0.15, 0.2) is 60.7 Å². The molecule has 0 bridgehead atoms. The molecular formula is C19H17NO. The standard InChI is InChI=1S/C19H17NO/c1-13(12-14(2)21)18-16-10-6-7-11-17(16)20-19(18)15-8-4-3-5-9-15/h3-12,20H,1-2H3/b13-12+. The minimum atomic E-state index is 0.0665. The number of H-pyrrole nitrogens is 1. The van der Waals surface area contributed by atoms with E-state index < -0.39 is 0 Å². The van der Waals surface area contributed by atoms with Gasteiger partial charge in [0, 0.05) is 16.5 Å². The van der Waals surface area contributed by atoms with Crippen LogP contribution >= 0.6 is 0 Å². The van der Waals surface area contributed by atoms with Crippen molar-refractivity contribution in [3.8, 4) is 11.3 Å². The first kappa shape index (κ1) is 13.4. The lowest BCUT2D eigenvalue weighted by atomic mass is 9.98. The molecule has 0 radical (unpaired) electrons. The van der Waals surface area contributed by atoms with Crippen molar-refractivity contribution in [2.45, 2.75) is 13.8 Å². The van der Waals surface area contributed by atoms with Gasteiger partial charge in [-0.05, 0) is 37.1 Å². The Bertz CT molecular complexity index is 825. The summed E-state index contributed by atoms with van der Waals surface area (Å²) in [5, 5.41) is 1.14. The van der Waals surface area contributed by atoms with E-state index in [1.54, 1.807) is 13.0 Å². The molecule has 1 N–H and O–H groups in total. The molecule has 0 spiro atoms. The Morgan fingerprint density at radius 3 is 2.33 bits per heavy atom. The summed E-state index contributed by atoms with van der Waals surface area (Å²) in [5.41, 5.74) is 5.36. The van der Waals surface area contributed by atoms with Gasteiger partial charge in [0.05, 0.1) is 5.69 Å². The van der Waals surface area contributed by atoms with E-state index in [0.29, 0.717) is 0 Å². The fourth-order valence-electron chi connectivity index (χ4n) is 2.75. The van der Waals surface area contributed by atoms with Gasteiger partial charge < -0.3 is 4.98 Å². The van der Waals surface area contributed by atoms with Crippen LogP contribution in [-0.4, -0.2) is 10.8 Å². The normalized spacial score (nSPS) is 11.8. The third-order valence-corrected chi connectivity index (χ3v) is 3.58. The summed E-state index contributed by atoms with van der Waals surface area (Å²) >= 11 is 0. The van der Waals surface area contributed by atoms with Crippen LogP contribution in [0, 0.1) is 0 Å². The van der Waals surface area contributed by atoms with E-state index in [-0.39, 0.29) is 5.78 Å². The van der Waals surface area contributed by atoms with E-state index in [0.717, 1.165) is 33.3 Å². The van der Waals surface area contributed by atoms with Crippen LogP contribution in [0.1, 0.15) is 19.4 Å². The Balaban J connectivity index is 2.32. The zero-order valence-electron chi connectivity index (χ0n) is 12.2. The number of rotatable bonds is 3. The van der Waals surface area contributed by atoms with E-state index in [9.17, 15) is 4.79 Å². The lowest BCUT2D eigenvalue weighted by molar-refractivity contribution is -0.112. The number of fused-ring (bicyclic) bond motifs is 1. The third-order valence-electron chi connectivity index (χ3n) is 3.58. The molecule has 0 aliphatic carbocycles. The van der Waals surface area contributed by atoms with Crippen molar-refractivity contribution in [1.29, 1.82) is 0 Å². The maximum Gasteiger partial charge on any atom is 0.152 e. The summed E-state index contributed by atoms with van der Waals surface area (Å²) < 4.78 is 0. The lowest BCUT2D eigenvalue weighted by Crippen LogP contribution is -1.88. The van der Waals surface area contributed by atoms with Crippen LogP contribution in [-0.2, 0) is 4.79 Å². The van der Waals surface area contributed by atoms with Crippen LogP contribution < -0.4 is 0 Å². The number of carbonyl (C=O) groups excluding carboxylic acids is 1. The second kappa shape index (κ2) is 5.41. The summed E-state index contributed by atoms with van der Waals surface area (Å²) in [6, 6.07) is 18.4. The highest BCUT2D eigenvalue weighted by molar-refractivity contribution is 6.04. The number of allylic oxidation sites excluding steroid dienone is 2. The van der Waals surface area contributed by atoms with Crippen molar-refractivity contribution in [3.63, 3.8) is 0 Å². The highest BCUT2D eigenvalue weighted by Crippen LogP contribution is 2.34. The molecular weight excluding hydrogens is 258 g/mol. The SMILES string of the molecule is CC(=O)/C=C(\C)c1c(-c2ccccc2)[nH]c2ccccc12. The van der Waals surface area contributed by atoms with Crippen LogP contribution in [0.25, 0.3) is 27.7 Å². The van der Waals surface area contributed by atoms with Crippen LogP contribution in [0.2, 0.25) is 0 Å². The number of para-hydroxylation sites is 1. The molecule has 0 saturated carbocycles. The van der Waals surface area contributed by atoms with Crippen molar-refractivity contribution >= 4 is 22.3 Å². The number of hydrogen-bond acceptors (Lipinski definition) is 1. The maximum absolute atomic E-state index is 11.4. The van der Waals surface area contributed by atoms with Gasteiger partial charge in [-0.15, -0.1) is 0 Å². The Labute approximate surface area is 124 Å². The molecule has 2 heteroatoms. The van der Waals surface area contributed by atoms with Gasteiger partial charge in [0.25, 0.3) is 0 Å². The topological polar surface area (TPSA) is 32.9 Å². The van der Waals surface area contributed by atoms with Crippen molar-refractivity contribution in [3.05, 3.63) is 66.2 Å². The zero-order valence-corrected chi connectivity index (χ0v) is 12.2. The van der Waals surface area contributed by atoms with Gasteiger partial charge in [-0.3, -0.25) is 4.79 Å². The van der Waals surface area contributed by atoms with Gasteiger partial charge in [0.1, 0.15) is 0 Å². The molecule has 0 aliphatic heterocycles. The van der Waals surface area contributed by atoms with Crippen molar-refractivity contribution < 1.29 is 4.79 Å². The van der Waals surface area contributed by atoms with Crippen LogP contribution in [0.5, 0.6) is 0 Å². The molecule has 2 nitrogen and oxygen atoms in total. The Morgan fingerprint density at radius 2 is 1.62 bits per heavy atom. The van der Waals surface area contributed by atoms with Crippen LogP contribution in [0.4, 0.5) is 0 Å². The van der Waals surface area contributed by atoms with E-state index in [2.05, 4.69) is 29.2 Å². The first-order chi connectivity index (χ1) is 10.2. The van der Waals surface area contributed by atoms with Crippen molar-refractivity contribution in [2.75, 3.05) is 0 Å². The summed E-state index contributed by atoms with van der Waals surface area (Å²) in [7, 11) is 0.